The van der Waals surface area contributed by atoms with Crippen LogP contribution in [0.3, 0.4) is 0 Å². The SMILES string of the molecule is Cc1ccc(OC2CC3CC2N(C(=O)c2ccccc2-c2ncccn2)C3CO)nc1. The zero-order chi connectivity index (χ0) is 21.4. The van der Waals surface area contributed by atoms with E-state index in [1.807, 2.05) is 42.2 Å². The van der Waals surface area contributed by atoms with E-state index in [-0.39, 0.29) is 36.6 Å². The maximum Gasteiger partial charge on any atom is 0.255 e. The number of carbonyl (C=O) groups excluding carboxylic acids is 1. The van der Waals surface area contributed by atoms with Crippen molar-refractivity contribution in [3.05, 3.63) is 72.2 Å². The van der Waals surface area contributed by atoms with Gasteiger partial charge in [0.15, 0.2) is 5.82 Å². The van der Waals surface area contributed by atoms with Gasteiger partial charge in [0.25, 0.3) is 5.91 Å². The molecule has 158 valence electrons. The first-order valence-electron chi connectivity index (χ1n) is 10.5. The van der Waals surface area contributed by atoms with E-state index in [1.54, 1.807) is 30.7 Å². The lowest BCUT2D eigenvalue weighted by Gasteiger charge is -2.38. The Kier molecular flexibility index (Phi) is 5.11. The maximum absolute atomic E-state index is 13.7. The highest BCUT2D eigenvalue weighted by Gasteiger charge is 2.54. The minimum atomic E-state index is -0.215. The minimum absolute atomic E-state index is 0.0631. The zero-order valence-corrected chi connectivity index (χ0v) is 17.3. The van der Waals surface area contributed by atoms with Crippen molar-refractivity contribution in [1.29, 1.82) is 0 Å². The third-order valence-electron chi connectivity index (χ3n) is 6.31. The van der Waals surface area contributed by atoms with Crippen LogP contribution >= 0.6 is 0 Å². The molecule has 1 amide bonds. The summed E-state index contributed by atoms with van der Waals surface area (Å²) in [6.07, 6.45) is 6.58. The number of aliphatic hydroxyl groups excluding tert-OH is 1. The number of carbonyl (C=O) groups is 1. The molecule has 4 unspecified atom stereocenters. The van der Waals surface area contributed by atoms with E-state index >= 15 is 0 Å². The second kappa shape index (κ2) is 8.07. The van der Waals surface area contributed by atoms with E-state index in [9.17, 15) is 9.90 Å². The number of benzene rings is 1. The highest BCUT2D eigenvalue weighted by Crippen LogP contribution is 2.45. The van der Waals surface area contributed by atoms with Gasteiger partial charge in [0.2, 0.25) is 5.88 Å². The zero-order valence-electron chi connectivity index (χ0n) is 17.3. The summed E-state index contributed by atoms with van der Waals surface area (Å²) in [6, 6.07) is 12.6. The molecule has 1 aliphatic heterocycles. The van der Waals surface area contributed by atoms with Gasteiger partial charge in [-0.3, -0.25) is 4.79 Å². The van der Waals surface area contributed by atoms with Crippen LogP contribution in [0.5, 0.6) is 5.88 Å². The van der Waals surface area contributed by atoms with E-state index < -0.39 is 0 Å². The van der Waals surface area contributed by atoms with Gasteiger partial charge in [-0.1, -0.05) is 24.3 Å². The van der Waals surface area contributed by atoms with Gasteiger partial charge in [-0.05, 0) is 43.4 Å². The first-order valence-corrected chi connectivity index (χ1v) is 10.5. The Hall–Kier alpha value is -3.32. The average Bonchev–Trinajstić information content (AvgIpc) is 3.38. The molecule has 3 heterocycles. The normalized spacial score (nSPS) is 24.4. The number of aromatic nitrogens is 3. The third kappa shape index (κ3) is 3.55. The molecular weight excluding hydrogens is 392 g/mol. The van der Waals surface area contributed by atoms with Crippen molar-refractivity contribution < 1.29 is 14.6 Å². The number of hydrogen-bond donors (Lipinski definition) is 1. The number of piperidine rings is 1. The van der Waals surface area contributed by atoms with Crippen LogP contribution in [0.2, 0.25) is 0 Å². The Balaban J connectivity index is 1.45. The smallest absolute Gasteiger partial charge is 0.255 e. The van der Waals surface area contributed by atoms with Crippen LogP contribution in [0.25, 0.3) is 11.4 Å². The van der Waals surface area contributed by atoms with Gasteiger partial charge in [-0.2, -0.15) is 0 Å². The summed E-state index contributed by atoms with van der Waals surface area (Å²) in [4.78, 5) is 28.5. The number of likely N-dealkylation sites (tertiary alicyclic amines) is 1. The van der Waals surface area contributed by atoms with Crippen molar-refractivity contribution in [2.24, 2.45) is 5.92 Å². The molecule has 0 radical (unpaired) electrons. The highest BCUT2D eigenvalue weighted by molar-refractivity contribution is 6.00. The Bertz CT molecular complexity index is 1070. The molecule has 2 aromatic heterocycles. The molecule has 2 fully saturated rings. The highest BCUT2D eigenvalue weighted by atomic mass is 16.5. The molecule has 7 nitrogen and oxygen atoms in total. The molecule has 31 heavy (non-hydrogen) atoms. The van der Waals surface area contributed by atoms with Crippen LogP contribution in [-0.4, -0.2) is 55.7 Å². The molecule has 2 bridgehead atoms. The number of amides is 1. The molecule has 1 saturated carbocycles. The Labute approximate surface area is 180 Å². The molecule has 1 aliphatic carbocycles. The molecule has 3 aromatic rings. The van der Waals surface area contributed by atoms with Crippen molar-refractivity contribution >= 4 is 5.91 Å². The molecular formula is C24H24N4O3. The maximum atomic E-state index is 13.7. The van der Waals surface area contributed by atoms with Crippen LogP contribution < -0.4 is 4.74 Å². The van der Waals surface area contributed by atoms with Gasteiger partial charge < -0.3 is 14.7 Å². The van der Waals surface area contributed by atoms with E-state index in [1.165, 1.54) is 0 Å². The number of ether oxygens (including phenoxy) is 1. The monoisotopic (exact) mass is 416 g/mol. The van der Waals surface area contributed by atoms with Gasteiger partial charge in [-0.15, -0.1) is 0 Å². The standard InChI is InChI=1S/C24H24N4O3/c1-15-7-8-22(27-13-15)31-21-12-16-11-19(21)28(20(16)14-29)24(30)18-6-3-2-5-17(18)23-25-9-4-10-26-23/h2-10,13,16,19-21,29H,11-12,14H2,1H3. The van der Waals surface area contributed by atoms with Crippen molar-refractivity contribution in [3.8, 4) is 17.3 Å². The van der Waals surface area contributed by atoms with Gasteiger partial charge in [-0.25, -0.2) is 15.0 Å². The lowest BCUT2D eigenvalue weighted by Crippen LogP contribution is -2.53. The van der Waals surface area contributed by atoms with Gasteiger partial charge in [0, 0.05) is 30.2 Å². The molecule has 1 saturated heterocycles. The fraction of sp³-hybridized carbons (Fsp3) is 0.333. The van der Waals surface area contributed by atoms with E-state index in [0.717, 1.165) is 18.4 Å². The fourth-order valence-electron chi connectivity index (χ4n) is 4.88. The Morgan fingerprint density at radius 1 is 1.10 bits per heavy atom. The van der Waals surface area contributed by atoms with Gasteiger partial charge >= 0.3 is 0 Å². The lowest BCUT2D eigenvalue weighted by molar-refractivity contribution is 0.0148. The predicted molar refractivity (Wildman–Crippen MR) is 114 cm³/mol. The molecule has 1 N–H and O–H groups in total. The largest absolute Gasteiger partial charge is 0.472 e. The Morgan fingerprint density at radius 3 is 2.65 bits per heavy atom. The number of fused-ring (bicyclic) bond motifs is 2. The van der Waals surface area contributed by atoms with E-state index in [0.29, 0.717) is 22.8 Å². The number of aryl methyl sites for hydroxylation is 1. The van der Waals surface area contributed by atoms with Crippen molar-refractivity contribution in [2.75, 3.05) is 6.61 Å². The van der Waals surface area contributed by atoms with Crippen LogP contribution in [0.1, 0.15) is 28.8 Å². The lowest BCUT2D eigenvalue weighted by atomic mass is 9.96. The number of hydrogen-bond acceptors (Lipinski definition) is 6. The molecule has 4 atom stereocenters. The van der Waals surface area contributed by atoms with Crippen molar-refractivity contribution in [2.45, 2.75) is 38.0 Å². The molecule has 2 aliphatic rings. The second-order valence-electron chi connectivity index (χ2n) is 8.21. The average molecular weight is 416 g/mol. The number of nitrogens with zero attached hydrogens (tertiary/aromatic N) is 4. The second-order valence-corrected chi connectivity index (χ2v) is 8.21. The number of rotatable bonds is 5. The number of pyridine rings is 1. The van der Waals surface area contributed by atoms with Crippen LogP contribution in [0.15, 0.2) is 61.1 Å². The summed E-state index contributed by atoms with van der Waals surface area (Å²) in [5, 5.41) is 10.1. The van der Waals surface area contributed by atoms with Crippen LogP contribution in [-0.2, 0) is 0 Å². The summed E-state index contributed by atoms with van der Waals surface area (Å²) in [5.41, 5.74) is 2.29. The molecule has 1 aromatic carbocycles. The van der Waals surface area contributed by atoms with Gasteiger partial charge in [0.1, 0.15) is 6.10 Å². The minimum Gasteiger partial charge on any atom is -0.472 e. The summed E-state index contributed by atoms with van der Waals surface area (Å²) in [7, 11) is 0. The van der Waals surface area contributed by atoms with E-state index in [2.05, 4.69) is 15.0 Å². The summed E-state index contributed by atoms with van der Waals surface area (Å²) in [6.45, 7) is 1.92. The Morgan fingerprint density at radius 2 is 1.90 bits per heavy atom. The number of aliphatic hydroxyl groups is 1. The summed E-state index contributed by atoms with van der Waals surface area (Å²) in [5.74, 6) is 1.15. The first-order chi connectivity index (χ1) is 15.2. The predicted octanol–water partition coefficient (Wildman–Crippen LogP) is 2.89. The fourth-order valence-corrected chi connectivity index (χ4v) is 4.88. The van der Waals surface area contributed by atoms with Crippen molar-refractivity contribution in [1.82, 2.24) is 19.9 Å². The third-order valence-corrected chi connectivity index (χ3v) is 6.31. The summed E-state index contributed by atoms with van der Waals surface area (Å²) < 4.78 is 6.18. The van der Waals surface area contributed by atoms with Crippen LogP contribution in [0.4, 0.5) is 0 Å². The van der Waals surface area contributed by atoms with Crippen molar-refractivity contribution in [3.63, 3.8) is 0 Å². The molecule has 5 rings (SSSR count). The molecule has 0 spiro atoms. The van der Waals surface area contributed by atoms with Crippen LogP contribution in [0, 0.1) is 12.8 Å². The topological polar surface area (TPSA) is 88.4 Å². The molecule has 7 heteroatoms. The van der Waals surface area contributed by atoms with Gasteiger partial charge in [0.05, 0.1) is 24.3 Å². The summed E-state index contributed by atoms with van der Waals surface area (Å²) >= 11 is 0. The first kappa shape index (κ1) is 19.6. The quantitative estimate of drug-likeness (QED) is 0.688. The van der Waals surface area contributed by atoms with E-state index in [4.69, 9.17) is 4.74 Å².